The Morgan fingerprint density at radius 1 is 1.35 bits per heavy atom. The molecule has 1 aromatic heterocycles. The lowest BCUT2D eigenvalue weighted by molar-refractivity contribution is 0.308. The first kappa shape index (κ1) is 19.0. The van der Waals surface area contributed by atoms with Crippen molar-refractivity contribution in [1.29, 1.82) is 0 Å². The van der Waals surface area contributed by atoms with Gasteiger partial charge in [-0.2, -0.15) is 0 Å². The number of hydrogen-bond acceptors (Lipinski definition) is 2. The topological polar surface area (TPSA) is 27.6 Å². The van der Waals surface area contributed by atoms with Crippen LogP contribution in [0, 0.1) is 5.41 Å². The number of nitrogens with zero attached hydrogens (tertiary/aromatic N) is 2. The maximum absolute atomic E-state index is 4.54. The van der Waals surface area contributed by atoms with Crippen molar-refractivity contribution in [3.05, 3.63) is 22.4 Å². The van der Waals surface area contributed by atoms with E-state index in [2.05, 4.69) is 46.6 Å². The standard InChI is InChI=1S/C18H29N3S.HI/c1-17(2,15-7-6-12-22-15)13-20-16(19-3)21-11-10-18(14-21)8-4-5-9-18;/h6-7,12H,4-5,8-11,13-14H2,1-3H3,(H,19,20);1H. The van der Waals surface area contributed by atoms with Crippen LogP contribution in [0.2, 0.25) is 0 Å². The number of thiophene rings is 1. The molecule has 2 fully saturated rings. The van der Waals surface area contributed by atoms with Gasteiger partial charge in [0, 0.05) is 37.0 Å². The second-order valence-electron chi connectivity index (χ2n) is 7.64. The summed E-state index contributed by atoms with van der Waals surface area (Å²) < 4.78 is 0. The molecule has 5 heteroatoms. The number of likely N-dealkylation sites (tertiary alicyclic amines) is 1. The molecule has 1 saturated carbocycles. The van der Waals surface area contributed by atoms with Crippen molar-refractivity contribution in [2.45, 2.75) is 51.4 Å². The molecule has 3 nitrogen and oxygen atoms in total. The van der Waals surface area contributed by atoms with Gasteiger partial charge in [0.15, 0.2) is 5.96 Å². The van der Waals surface area contributed by atoms with E-state index in [0.29, 0.717) is 5.41 Å². The third-order valence-corrected chi connectivity index (χ3v) is 6.73. The van der Waals surface area contributed by atoms with Crippen molar-refractivity contribution in [1.82, 2.24) is 10.2 Å². The normalized spacial score (nSPS) is 20.8. The Morgan fingerprint density at radius 3 is 2.70 bits per heavy atom. The molecule has 2 aliphatic rings. The number of halogens is 1. The Morgan fingerprint density at radius 2 is 2.09 bits per heavy atom. The molecule has 0 aromatic carbocycles. The third-order valence-electron chi connectivity index (χ3n) is 5.49. The van der Waals surface area contributed by atoms with Crippen molar-refractivity contribution >= 4 is 41.3 Å². The van der Waals surface area contributed by atoms with Gasteiger partial charge < -0.3 is 10.2 Å². The molecule has 1 aliphatic carbocycles. The lowest BCUT2D eigenvalue weighted by atomic mass is 9.86. The molecule has 0 radical (unpaired) electrons. The summed E-state index contributed by atoms with van der Waals surface area (Å²) in [5.74, 6) is 1.09. The van der Waals surface area contributed by atoms with E-state index in [4.69, 9.17) is 0 Å². The fourth-order valence-electron chi connectivity index (χ4n) is 4.03. The monoisotopic (exact) mass is 447 g/mol. The Bertz CT molecular complexity index is 518. The minimum atomic E-state index is 0. The number of rotatable bonds is 3. The van der Waals surface area contributed by atoms with Crippen LogP contribution in [0.5, 0.6) is 0 Å². The molecule has 1 aromatic rings. The van der Waals surface area contributed by atoms with Gasteiger partial charge in [0.05, 0.1) is 0 Å². The zero-order chi connectivity index (χ0) is 15.6. The maximum Gasteiger partial charge on any atom is 0.193 e. The fourth-order valence-corrected chi connectivity index (χ4v) is 4.88. The van der Waals surface area contributed by atoms with Crippen LogP contribution in [0.25, 0.3) is 0 Å². The first-order valence-corrected chi connectivity index (χ1v) is 9.42. The molecular weight excluding hydrogens is 417 g/mol. The molecule has 0 amide bonds. The molecule has 1 saturated heterocycles. The van der Waals surface area contributed by atoms with E-state index in [-0.39, 0.29) is 29.4 Å². The van der Waals surface area contributed by atoms with Crippen LogP contribution < -0.4 is 5.32 Å². The maximum atomic E-state index is 4.54. The third kappa shape index (κ3) is 4.21. The Kier molecular flexibility index (Phi) is 6.39. The molecule has 0 bridgehead atoms. The Labute approximate surface area is 162 Å². The first-order valence-electron chi connectivity index (χ1n) is 8.54. The highest BCUT2D eigenvalue weighted by Crippen LogP contribution is 2.45. The molecule has 130 valence electrons. The van der Waals surface area contributed by atoms with Gasteiger partial charge in [0.2, 0.25) is 0 Å². The highest BCUT2D eigenvalue weighted by Gasteiger charge is 2.41. The molecule has 3 rings (SSSR count). The van der Waals surface area contributed by atoms with E-state index in [1.165, 1.54) is 50.1 Å². The summed E-state index contributed by atoms with van der Waals surface area (Å²) in [5.41, 5.74) is 0.746. The first-order chi connectivity index (χ1) is 10.5. The number of nitrogens with one attached hydrogen (secondary N) is 1. The predicted molar refractivity (Wildman–Crippen MR) is 111 cm³/mol. The molecule has 0 unspecified atom stereocenters. The van der Waals surface area contributed by atoms with Crippen molar-refractivity contribution in [2.75, 3.05) is 26.7 Å². The van der Waals surface area contributed by atoms with Crippen LogP contribution in [-0.2, 0) is 5.41 Å². The summed E-state index contributed by atoms with van der Waals surface area (Å²) in [7, 11) is 1.92. The molecule has 2 heterocycles. The van der Waals surface area contributed by atoms with Crippen LogP contribution in [0.3, 0.4) is 0 Å². The average molecular weight is 447 g/mol. The predicted octanol–water partition coefficient (Wildman–Crippen LogP) is 4.49. The van der Waals surface area contributed by atoms with Crippen LogP contribution in [-0.4, -0.2) is 37.5 Å². The van der Waals surface area contributed by atoms with Crippen LogP contribution in [0.4, 0.5) is 0 Å². The Balaban J connectivity index is 0.00000192. The highest BCUT2D eigenvalue weighted by atomic mass is 127. The zero-order valence-electron chi connectivity index (χ0n) is 14.6. The number of aliphatic imine (C=N–C) groups is 1. The minimum Gasteiger partial charge on any atom is -0.355 e. The van der Waals surface area contributed by atoms with E-state index in [1.807, 2.05) is 18.4 Å². The van der Waals surface area contributed by atoms with Gasteiger partial charge in [0.1, 0.15) is 0 Å². The van der Waals surface area contributed by atoms with Crippen molar-refractivity contribution in [3.63, 3.8) is 0 Å². The highest BCUT2D eigenvalue weighted by molar-refractivity contribution is 14.0. The summed E-state index contributed by atoms with van der Waals surface area (Å²) in [5, 5.41) is 5.79. The molecule has 0 atom stereocenters. The fraction of sp³-hybridized carbons (Fsp3) is 0.722. The van der Waals surface area contributed by atoms with Gasteiger partial charge in [-0.15, -0.1) is 35.3 Å². The quantitative estimate of drug-likeness (QED) is 0.420. The van der Waals surface area contributed by atoms with Crippen LogP contribution in [0.15, 0.2) is 22.5 Å². The number of hydrogen-bond donors (Lipinski definition) is 1. The van der Waals surface area contributed by atoms with E-state index < -0.39 is 0 Å². The van der Waals surface area contributed by atoms with Crippen molar-refractivity contribution < 1.29 is 0 Å². The van der Waals surface area contributed by atoms with Gasteiger partial charge in [-0.25, -0.2) is 0 Å². The van der Waals surface area contributed by atoms with E-state index in [1.54, 1.807) is 0 Å². The summed E-state index contributed by atoms with van der Waals surface area (Å²) in [6.45, 7) is 7.91. The second-order valence-corrected chi connectivity index (χ2v) is 8.59. The van der Waals surface area contributed by atoms with Gasteiger partial charge in [-0.05, 0) is 36.1 Å². The second kappa shape index (κ2) is 7.72. The van der Waals surface area contributed by atoms with Gasteiger partial charge in [-0.3, -0.25) is 4.99 Å². The van der Waals surface area contributed by atoms with Crippen LogP contribution >= 0.6 is 35.3 Å². The Hall–Kier alpha value is -0.300. The van der Waals surface area contributed by atoms with Gasteiger partial charge in [0.25, 0.3) is 0 Å². The molecule has 1 spiro atoms. The van der Waals surface area contributed by atoms with Crippen molar-refractivity contribution in [3.8, 4) is 0 Å². The minimum absolute atomic E-state index is 0. The SMILES string of the molecule is CN=C(NCC(C)(C)c1cccs1)N1CCC2(CCCC2)C1.I. The molecular formula is C18H30IN3S. The summed E-state index contributed by atoms with van der Waals surface area (Å²) in [6.07, 6.45) is 7.03. The largest absolute Gasteiger partial charge is 0.355 e. The van der Waals surface area contributed by atoms with E-state index >= 15 is 0 Å². The summed E-state index contributed by atoms with van der Waals surface area (Å²) in [4.78, 5) is 8.46. The smallest absolute Gasteiger partial charge is 0.193 e. The van der Waals surface area contributed by atoms with E-state index in [9.17, 15) is 0 Å². The number of guanidine groups is 1. The van der Waals surface area contributed by atoms with Gasteiger partial charge in [-0.1, -0.05) is 32.8 Å². The lowest BCUT2D eigenvalue weighted by Gasteiger charge is -2.29. The molecule has 1 aliphatic heterocycles. The van der Waals surface area contributed by atoms with Crippen molar-refractivity contribution in [2.24, 2.45) is 10.4 Å². The summed E-state index contributed by atoms with van der Waals surface area (Å²) in [6, 6.07) is 4.37. The van der Waals surface area contributed by atoms with Crippen LogP contribution in [0.1, 0.15) is 50.8 Å². The molecule has 23 heavy (non-hydrogen) atoms. The van der Waals surface area contributed by atoms with Gasteiger partial charge >= 0.3 is 0 Å². The van der Waals surface area contributed by atoms with E-state index in [0.717, 1.165) is 12.5 Å². The zero-order valence-corrected chi connectivity index (χ0v) is 17.7. The molecule has 1 N–H and O–H groups in total. The summed E-state index contributed by atoms with van der Waals surface area (Å²) >= 11 is 1.84. The lowest BCUT2D eigenvalue weighted by Crippen LogP contribution is -2.45. The average Bonchev–Trinajstić information content (AvgIpc) is 3.24.